The average molecular weight is 288 g/mol. The number of halogens is 2. The van der Waals surface area contributed by atoms with E-state index >= 15 is 0 Å². The number of rotatable bonds is 3. The van der Waals surface area contributed by atoms with Gasteiger partial charge in [0.2, 0.25) is 0 Å². The number of pyridine rings is 1. The van der Waals surface area contributed by atoms with E-state index in [9.17, 15) is 4.79 Å². The number of amides is 1. The standard InChI is InChI=1S/C12H15Cl2N3O/c1-17-4-2-3-8(17)6-16-12(18)9-5-11(14)15-7-10(9)13/h5,7-8H,2-4,6H2,1H3,(H,16,18). The second kappa shape index (κ2) is 5.87. The summed E-state index contributed by atoms with van der Waals surface area (Å²) in [5, 5.41) is 3.47. The molecule has 1 atom stereocenters. The predicted octanol–water partition coefficient (Wildman–Crippen LogP) is 2.21. The molecule has 0 aromatic carbocycles. The van der Waals surface area contributed by atoms with Crippen LogP contribution in [0.25, 0.3) is 0 Å². The summed E-state index contributed by atoms with van der Waals surface area (Å²) in [6.45, 7) is 1.72. The first-order valence-corrected chi connectivity index (χ1v) is 6.63. The van der Waals surface area contributed by atoms with Crippen LogP contribution in [0.4, 0.5) is 0 Å². The van der Waals surface area contributed by atoms with Crippen LogP contribution in [-0.2, 0) is 0 Å². The lowest BCUT2D eigenvalue weighted by Crippen LogP contribution is -2.38. The molecule has 1 aliphatic heterocycles. The lowest BCUT2D eigenvalue weighted by molar-refractivity contribution is 0.0943. The minimum absolute atomic E-state index is 0.204. The first kappa shape index (κ1) is 13.6. The van der Waals surface area contributed by atoms with E-state index in [1.165, 1.54) is 18.7 Å². The number of nitrogens with zero attached hydrogens (tertiary/aromatic N) is 2. The van der Waals surface area contributed by atoms with Gasteiger partial charge in [0.25, 0.3) is 5.91 Å². The Morgan fingerprint density at radius 1 is 1.61 bits per heavy atom. The maximum Gasteiger partial charge on any atom is 0.253 e. The number of hydrogen-bond donors (Lipinski definition) is 1. The third-order valence-corrected chi connectivity index (χ3v) is 3.74. The molecule has 18 heavy (non-hydrogen) atoms. The molecule has 0 saturated carbocycles. The number of likely N-dealkylation sites (tertiary alicyclic amines) is 1. The van der Waals surface area contributed by atoms with Crippen molar-refractivity contribution in [2.75, 3.05) is 20.1 Å². The highest BCUT2D eigenvalue weighted by Gasteiger charge is 2.21. The molecule has 98 valence electrons. The van der Waals surface area contributed by atoms with E-state index in [1.807, 2.05) is 0 Å². The average Bonchev–Trinajstić information content (AvgIpc) is 2.75. The summed E-state index contributed by atoms with van der Waals surface area (Å²) >= 11 is 11.7. The van der Waals surface area contributed by atoms with Gasteiger partial charge >= 0.3 is 0 Å². The lowest BCUT2D eigenvalue weighted by atomic mass is 10.2. The number of nitrogens with one attached hydrogen (secondary N) is 1. The zero-order chi connectivity index (χ0) is 13.1. The van der Waals surface area contributed by atoms with Crippen molar-refractivity contribution in [3.63, 3.8) is 0 Å². The molecule has 0 bridgehead atoms. The highest BCUT2D eigenvalue weighted by molar-refractivity contribution is 6.35. The van der Waals surface area contributed by atoms with Crippen molar-refractivity contribution in [1.82, 2.24) is 15.2 Å². The van der Waals surface area contributed by atoms with Crippen LogP contribution < -0.4 is 5.32 Å². The molecule has 2 rings (SSSR count). The molecule has 1 N–H and O–H groups in total. The largest absolute Gasteiger partial charge is 0.350 e. The number of aromatic nitrogens is 1. The Hall–Kier alpha value is -0.840. The summed E-state index contributed by atoms with van der Waals surface area (Å²) in [5.74, 6) is -0.204. The lowest BCUT2D eigenvalue weighted by Gasteiger charge is -2.19. The third kappa shape index (κ3) is 3.13. The fraction of sp³-hybridized carbons (Fsp3) is 0.500. The van der Waals surface area contributed by atoms with Gasteiger partial charge in [-0.25, -0.2) is 4.98 Å². The van der Waals surface area contributed by atoms with Crippen LogP contribution >= 0.6 is 23.2 Å². The maximum atomic E-state index is 12.0. The second-order valence-corrected chi connectivity index (χ2v) is 5.27. The molecule has 0 spiro atoms. The third-order valence-electron chi connectivity index (χ3n) is 3.24. The summed E-state index contributed by atoms with van der Waals surface area (Å²) < 4.78 is 0. The summed E-state index contributed by atoms with van der Waals surface area (Å²) in [5.41, 5.74) is 0.373. The summed E-state index contributed by atoms with van der Waals surface area (Å²) in [7, 11) is 2.07. The first-order valence-electron chi connectivity index (χ1n) is 5.87. The van der Waals surface area contributed by atoms with E-state index in [0.29, 0.717) is 23.2 Å². The second-order valence-electron chi connectivity index (χ2n) is 4.47. The Morgan fingerprint density at radius 2 is 2.39 bits per heavy atom. The molecule has 0 aliphatic carbocycles. The first-order chi connectivity index (χ1) is 8.58. The van der Waals surface area contributed by atoms with Gasteiger partial charge in [0.05, 0.1) is 10.6 Å². The van der Waals surface area contributed by atoms with E-state index in [2.05, 4.69) is 22.2 Å². The predicted molar refractivity (Wildman–Crippen MR) is 72.2 cm³/mol. The summed E-state index contributed by atoms with van der Waals surface area (Å²) in [4.78, 5) is 18.0. The maximum absolute atomic E-state index is 12.0. The molecule has 1 aliphatic rings. The molecule has 2 heterocycles. The van der Waals surface area contributed by atoms with E-state index in [-0.39, 0.29) is 11.1 Å². The van der Waals surface area contributed by atoms with Crippen LogP contribution in [-0.4, -0.2) is 42.0 Å². The minimum Gasteiger partial charge on any atom is -0.350 e. The fourth-order valence-electron chi connectivity index (χ4n) is 2.13. The van der Waals surface area contributed by atoms with Gasteiger partial charge in [-0.15, -0.1) is 0 Å². The molecule has 1 aromatic heterocycles. The molecule has 1 saturated heterocycles. The van der Waals surface area contributed by atoms with E-state index < -0.39 is 0 Å². The van der Waals surface area contributed by atoms with Crippen molar-refractivity contribution in [3.05, 3.63) is 28.0 Å². The van der Waals surface area contributed by atoms with Crippen molar-refractivity contribution >= 4 is 29.1 Å². The van der Waals surface area contributed by atoms with Gasteiger partial charge in [-0.3, -0.25) is 4.79 Å². The number of hydrogen-bond acceptors (Lipinski definition) is 3. The zero-order valence-electron chi connectivity index (χ0n) is 10.1. The van der Waals surface area contributed by atoms with Gasteiger partial charge in [0, 0.05) is 18.8 Å². The Labute approximate surface area is 116 Å². The molecular formula is C12H15Cl2N3O. The van der Waals surface area contributed by atoms with E-state index in [0.717, 1.165) is 13.0 Å². The van der Waals surface area contributed by atoms with Crippen LogP contribution in [0.3, 0.4) is 0 Å². The van der Waals surface area contributed by atoms with Crippen LogP contribution in [0.2, 0.25) is 10.2 Å². The Bertz CT molecular complexity index is 453. The van der Waals surface area contributed by atoms with Crippen molar-refractivity contribution in [2.45, 2.75) is 18.9 Å². The van der Waals surface area contributed by atoms with Crippen LogP contribution in [0.1, 0.15) is 23.2 Å². The topological polar surface area (TPSA) is 45.2 Å². The van der Waals surface area contributed by atoms with Crippen molar-refractivity contribution < 1.29 is 4.79 Å². The number of likely N-dealkylation sites (N-methyl/N-ethyl adjacent to an activating group) is 1. The fourth-order valence-corrected chi connectivity index (χ4v) is 2.48. The highest BCUT2D eigenvalue weighted by atomic mass is 35.5. The van der Waals surface area contributed by atoms with Gasteiger partial charge in [-0.05, 0) is 32.5 Å². The molecule has 1 amide bonds. The minimum atomic E-state index is -0.204. The van der Waals surface area contributed by atoms with Crippen molar-refractivity contribution in [2.24, 2.45) is 0 Å². The molecule has 6 heteroatoms. The molecule has 4 nitrogen and oxygen atoms in total. The number of carbonyl (C=O) groups is 1. The van der Waals surface area contributed by atoms with Gasteiger partial charge in [-0.2, -0.15) is 0 Å². The van der Waals surface area contributed by atoms with Crippen LogP contribution in [0.5, 0.6) is 0 Å². The monoisotopic (exact) mass is 287 g/mol. The smallest absolute Gasteiger partial charge is 0.253 e. The van der Waals surface area contributed by atoms with Crippen LogP contribution in [0, 0.1) is 0 Å². The zero-order valence-corrected chi connectivity index (χ0v) is 11.6. The number of carbonyl (C=O) groups excluding carboxylic acids is 1. The normalized spacial score (nSPS) is 20.1. The van der Waals surface area contributed by atoms with Crippen LogP contribution in [0.15, 0.2) is 12.3 Å². The Balaban J connectivity index is 1.97. The SMILES string of the molecule is CN1CCCC1CNC(=O)c1cc(Cl)ncc1Cl. The van der Waals surface area contributed by atoms with Gasteiger partial charge in [0.15, 0.2) is 0 Å². The van der Waals surface area contributed by atoms with Gasteiger partial charge in [0.1, 0.15) is 5.15 Å². The van der Waals surface area contributed by atoms with Crippen molar-refractivity contribution in [1.29, 1.82) is 0 Å². The molecule has 1 aromatic rings. The van der Waals surface area contributed by atoms with E-state index in [1.54, 1.807) is 0 Å². The summed E-state index contributed by atoms with van der Waals surface area (Å²) in [6.07, 6.45) is 3.68. The molecule has 0 radical (unpaired) electrons. The molecule has 1 fully saturated rings. The van der Waals surface area contributed by atoms with Gasteiger partial charge < -0.3 is 10.2 Å². The van der Waals surface area contributed by atoms with Crippen molar-refractivity contribution in [3.8, 4) is 0 Å². The Kier molecular flexibility index (Phi) is 4.43. The van der Waals surface area contributed by atoms with E-state index in [4.69, 9.17) is 23.2 Å². The van der Waals surface area contributed by atoms with Gasteiger partial charge in [-0.1, -0.05) is 23.2 Å². The molecular weight excluding hydrogens is 273 g/mol. The highest BCUT2D eigenvalue weighted by Crippen LogP contribution is 2.18. The molecule has 1 unspecified atom stereocenters. The quantitative estimate of drug-likeness (QED) is 0.867. The Morgan fingerprint density at radius 3 is 3.06 bits per heavy atom. The summed E-state index contributed by atoms with van der Waals surface area (Å²) in [6, 6.07) is 1.89.